The average Bonchev–Trinajstić information content (AvgIpc) is 3.39. The number of nitrogens with one attached hydrogen (secondary N) is 6. The standard InChI is InChI=1S/C62H112N6O6/c1-5-9-13-17-21-25-29-35-47-57(69)63-51-43-39-45-55(67-59(71)49-37-31-27-23-19-15-11-7-3)61(73)65-53-41-33-34-42-54-66-62(74)56(68-60(72)50-38-32-28-24-20-16-12-8-4)46-40-44-52-64-58(70)48-36-30-26-22-18-14-10-6-2/h5-8,55-56H,1-4,9-54H2,(H,63,69)(H,64,70)(H,65,73)(H,66,74)(H,67,71)(H,68,72)/t55-,56-/m0/s1. The van der Waals surface area contributed by atoms with Crippen LogP contribution in [0.1, 0.15) is 270 Å². The van der Waals surface area contributed by atoms with Crippen LogP contribution in [0.25, 0.3) is 0 Å². The molecule has 426 valence electrons. The summed E-state index contributed by atoms with van der Waals surface area (Å²) in [5.41, 5.74) is 0. The van der Waals surface area contributed by atoms with Gasteiger partial charge in [-0.05, 0) is 128 Å². The Morgan fingerprint density at radius 3 is 0.797 bits per heavy atom. The highest BCUT2D eigenvalue weighted by Gasteiger charge is 2.21. The number of amides is 6. The molecule has 0 aromatic rings. The van der Waals surface area contributed by atoms with Gasteiger partial charge in [0.25, 0.3) is 0 Å². The third-order valence-corrected chi connectivity index (χ3v) is 13.7. The topological polar surface area (TPSA) is 175 Å². The molecule has 0 aliphatic carbocycles. The van der Waals surface area contributed by atoms with Crippen molar-refractivity contribution in [3.63, 3.8) is 0 Å². The molecule has 0 aliphatic heterocycles. The first-order valence-electron chi connectivity index (χ1n) is 30.3. The summed E-state index contributed by atoms with van der Waals surface area (Å²) in [5.74, 6) is -0.389. The number of allylic oxidation sites excluding steroid dienone is 4. The molecule has 0 aromatic carbocycles. The minimum absolute atomic E-state index is 0.0742. The number of carbonyl (C=O) groups excluding carboxylic acids is 6. The summed E-state index contributed by atoms with van der Waals surface area (Å²) in [4.78, 5) is 77.6. The first-order valence-corrected chi connectivity index (χ1v) is 30.3. The van der Waals surface area contributed by atoms with E-state index in [9.17, 15) is 28.8 Å². The summed E-state index contributed by atoms with van der Waals surface area (Å²) in [5, 5.41) is 18.2. The molecule has 0 saturated carbocycles. The highest BCUT2D eigenvalue weighted by molar-refractivity contribution is 5.88. The van der Waals surface area contributed by atoms with Crippen molar-refractivity contribution in [1.82, 2.24) is 31.9 Å². The largest absolute Gasteiger partial charge is 0.356 e. The van der Waals surface area contributed by atoms with Gasteiger partial charge in [-0.25, -0.2) is 0 Å². The van der Waals surface area contributed by atoms with Gasteiger partial charge in [-0.2, -0.15) is 0 Å². The molecule has 2 atom stereocenters. The predicted molar refractivity (Wildman–Crippen MR) is 311 cm³/mol. The summed E-state index contributed by atoms with van der Waals surface area (Å²) >= 11 is 0. The van der Waals surface area contributed by atoms with Crippen molar-refractivity contribution in [3.05, 3.63) is 50.6 Å². The second-order valence-electron chi connectivity index (χ2n) is 20.7. The van der Waals surface area contributed by atoms with Gasteiger partial charge in [-0.3, -0.25) is 28.8 Å². The van der Waals surface area contributed by atoms with Crippen LogP contribution in [-0.2, 0) is 28.8 Å². The van der Waals surface area contributed by atoms with Crippen LogP contribution in [0.4, 0.5) is 0 Å². The smallest absolute Gasteiger partial charge is 0.242 e. The van der Waals surface area contributed by atoms with Gasteiger partial charge >= 0.3 is 0 Å². The molecule has 6 amide bonds. The monoisotopic (exact) mass is 1040 g/mol. The van der Waals surface area contributed by atoms with Crippen molar-refractivity contribution in [3.8, 4) is 0 Å². The number of hydrogen-bond acceptors (Lipinski definition) is 6. The zero-order valence-corrected chi connectivity index (χ0v) is 47.3. The fraction of sp³-hybridized carbons (Fsp3) is 0.774. The quantitative estimate of drug-likeness (QED) is 0.0261. The number of unbranched alkanes of at least 4 members (excludes halogenated alkanes) is 29. The second kappa shape index (κ2) is 55.0. The van der Waals surface area contributed by atoms with Crippen LogP contribution in [0, 0.1) is 0 Å². The maximum atomic E-state index is 13.4. The molecule has 0 saturated heterocycles. The van der Waals surface area contributed by atoms with E-state index in [1.54, 1.807) is 0 Å². The number of rotatable bonds is 57. The van der Waals surface area contributed by atoms with E-state index < -0.39 is 12.1 Å². The highest BCUT2D eigenvalue weighted by Crippen LogP contribution is 2.14. The molecule has 6 N–H and O–H groups in total. The van der Waals surface area contributed by atoms with Gasteiger partial charge in [0.05, 0.1) is 0 Å². The molecule has 0 radical (unpaired) electrons. The molecule has 74 heavy (non-hydrogen) atoms. The lowest BCUT2D eigenvalue weighted by Crippen LogP contribution is -2.47. The van der Waals surface area contributed by atoms with E-state index in [1.807, 2.05) is 24.3 Å². The summed E-state index contributed by atoms with van der Waals surface area (Å²) in [7, 11) is 0. The summed E-state index contributed by atoms with van der Waals surface area (Å²) < 4.78 is 0. The van der Waals surface area contributed by atoms with E-state index in [-0.39, 0.29) is 35.4 Å². The molecular formula is C62H112N6O6. The van der Waals surface area contributed by atoms with Crippen LogP contribution >= 0.6 is 0 Å². The molecule has 0 unspecified atom stereocenters. The van der Waals surface area contributed by atoms with Crippen molar-refractivity contribution >= 4 is 35.4 Å². The third kappa shape index (κ3) is 48.7. The first kappa shape index (κ1) is 69.8. The minimum Gasteiger partial charge on any atom is -0.356 e. The SMILES string of the molecule is C=CCCCCCCCCC(=O)NCCCC[C@H](NC(=O)CCCCCCCCC=C)C(=O)NCCCCCCNC(=O)[C@H](CCCCNC(=O)CCCCCCCCC=C)NC(=O)CCCCCCCCC=C. The predicted octanol–water partition coefficient (Wildman–Crippen LogP) is 13.5. The van der Waals surface area contributed by atoms with Crippen LogP contribution in [-0.4, -0.2) is 73.7 Å². The lowest BCUT2D eigenvalue weighted by molar-refractivity contribution is -0.129. The molecular weight excluding hydrogens is 925 g/mol. The molecule has 0 spiro atoms. The van der Waals surface area contributed by atoms with E-state index >= 15 is 0 Å². The number of carbonyl (C=O) groups is 6. The van der Waals surface area contributed by atoms with E-state index in [0.717, 1.165) is 167 Å². The van der Waals surface area contributed by atoms with Gasteiger partial charge in [0.2, 0.25) is 35.4 Å². The Balaban J connectivity index is 4.88. The van der Waals surface area contributed by atoms with Gasteiger partial charge < -0.3 is 31.9 Å². The van der Waals surface area contributed by atoms with Crippen LogP contribution in [0.5, 0.6) is 0 Å². The Hall–Kier alpha value is -4.22. The Morgan fingerprint density at radius 1 is 0.270 bits per heavy atom. The van der Waals surface area contributed by atoms with Gasteiger partial charge in [0, 0.05) is 51.9 Å². The summed E-state index contributed by atoms with van der Waals surface area (Å²) in [6, 6.07) is -1.24. The van der Waals surface area contributed by atoms with Gasteiger partial charge in [-0.15, -0.1) is 26.3 Å². The summed E-state index contributed by atoms with van der Waals surface area (Å²) in [6.07, 6.45) is 47.3. The van der Waals surface area contributed by atoms with Crippen LogP contribution < -0.4 is 31.9 Å². The van der Waals surface area contributed by atoms with Crippen molar-refractivity contribution in [2.45, 2.75) is 282 Å². The van der Waals surface area contributed by atoms with E-state index in [2.05, 4.69) is 58.2 Å². The average molecular weight is 1040 g/mol. The Morgan fingerprint density at radius 2 is 0.500 bits per heavy atom. The van der Waals surface area contributed by atoms with E-state index in [0.29, 0.717) is 77.5 Å². The van der Waals surface area contributed by atoms with Gasteiger partial charge in [0.1, 0.15) is 12.1 Å². The Kier molecular flexibility index (Phi) is 51.9. The van der Waals surface area contributed by atoms with Gasteiger partial charge in [-0.1, -0.05) is 140 Å². The highest BCUT2D eigenvalue weighted by atomic mass is 16.2. The minimum atomic E-state index is -0.620. The van der Waals surface area contributed by atoms with Crippen molar-refractivity contribution in [2.24, 2.45) is 0 Å². The van der Waals surface area contributed by atoms with Crippen LogP contribution in [0.3, 0.4) is 0 Å². The maximum absolute atomic E-state index is 13.4. The maximum Gasteiger partial charge on any atom is 0.242 e. The molecule has 12 heteroatoms. The van der Waals surface area contributed by atoms with Crippen molar-refractivity contribution < 1.29 is 28.8 Å². The van der Waals surface area contributed by atoms with Crippen LogP contribution in [0.2, 0.25) is 0 Å². The lowest BCUT2D eigenvalue weighted by atomic mass is 10.1. The fourth-order valence-corrected chi connectivity index (χ4v) is 9.05. The van der Waals surface area contributed by atoms with Crippen molar-refractivity contribution in [2.75, 3.05) is 26.2 Å². The first-order chi connectivity index (χ1) is 36.2. The third-order valence-electron chi connectivity index (χ3n) is 13.7. The molecule has 0 bridgehead atoms. The fourth-order valence-electron chi connectivity index (χ4n) is 9.05. The zero-order valence-electron chi connectivity index (χ0n) is 47.3. The second-order valence-corrected chi connectivity index (χ2v) is 20.7. The Labute approximate surface area is 453 Å². The molecule has 0 fully saturated rings. The molecule has 12 nitrogen and oxygen atoms in total. The molecule has 0 heterocycles. The van der Waals surface area contributed by atoms with E-state index in [1.165, 1.54) is 51.4 Å². The zero-order chi connectivity index (χ0) is 54.2. The molecule has 0 aromatic heterocycles. The number of hydrogen-bond donors (Lipinski definition) is 6. The van der Waals surface area contributed by atoms with Crippen LogP contribution in [0.15, 0.2) is 50.6 Å². The molecule has 0 aliphatic rings. The van der Waals surface area contributed by atoms with Gasteiger partial charge in [0.15, 0.2) is 0 Å². The van der Waals surface area contributed by atoms with E-state index in [4.69, 9.17) is 0 Å². The van der Waals surface area contributed by atoms with Crippen molar-refractivity contribution in [1.29, 1.82) is 0 Å². The Bertz CT molecular complexity index is 1350. The normalized spacial score (nSPS) is 11.7. The molecule has 0 rings (SSSR count). The summed E-state index contributed by atoms with van der Waals surface area (Å²) in [6.45, 7) is 17.2. The lowest BCUT2D eigenvalue weighted by Gasteiger charge is -2.19.